The van der Waals surface area contributed by atoms with Gasteiger partial charge < -0.3 is 29.3 Å². The van der Waals surface area contributed by atoms with Crippen molar-refractivity contribution in [1.82, 2.24) is 30.1 Å². The van der Waals surface area contributed by atoms with Gasteiger partial charge in [-0.25, -0.2) is 22.0 Å². The minimum atomic E-state index is -1.29. The number of benzene rings is 3. The van der Waals surface area contributed by atoms with Gasteiger partial charge in [-0.2, -0.15) is 9.97 Å². The summed E-state index contributed by atoms with van der Waals surface area (Å²) in [5, 5.41) is 14.4. The molecule has 0 bridgehead atoms. The number of imide groups is 1. The van der Waals surface area contributed by atoms with E-state index in [1.807, 2.05) is 11.8 Å². The van der Waals surface area contributed by atoms with Crippen molar-refractivity contribution in [2.45, 2.75) is 101 Å². The lowest BCUT2D eigenvalue weighted by Crippen LogP contribution is -2.60. The molecule has 2 spiro atoms. The Hall–Kier alpha value is -5.72. The normalized spacial score (nSPS) is 24.8. The molecule has 2 N–H and O–H groups in total. The number of aromatic hydroxyl groups is 1. The quantitative estimate of drug-likeness (QED) is 0.0917. The van der Waals surface area contributed by atoms with Crippen molar-refractivity contribution in [3.8, 4) is 23.0 Å². The third-order valence-electron chi connectivity index (χ3n) is 17.4. The van der Waals surface area contributed by atoms with E-state index < -0.39 is 46.7 Å². The Morgan fingerprint density at radius 2 is 1.59 bits per heavy atom. The molecule has 5 saturated heterocycles. The number of likely N-dealkylation sites (tertiary alicyclic amines) is 1. The van der Waals surface area contributed by atoms with Crippen LogP contribution in [0.1, 0.15) is 94.6 Å². The van der Waals surface area contributed by atoms with E-state index in [0.29, 0.717) is 112 Å². The first-order chi connectivity index (χ1) is 35.1. The summed E-state index contributed by atoms with van der Waals surface area (Å²) in [6.07, 6.45) is 9.52. The van der Waals surface area contributed by atoms with Crippen molar-refractivity contribution < 1.29 is 46.1 Å². The summed E-state index contributed by atoms with van der Waals surface area (Å²) in [5.41, 5.74) is -1.01. The second kappa shape index (κ2) is 18.3. The lowest BCUT2D eigenvalue weighted by Gasteiger charge is -2.57. The number of hydrogen-bond donors (Lipinski definition) is 2. The average Bonchev–Trinajstić information content (AvgIpc) is 4.12. The number of ether oxygens (including phenoxy) is 2. The molecular formula is C55H61F5N8O5. The standard InChI is InChI=1S/C55H61F5N8O5/c1-2-36-40(56)6-4-33-22-35(69)25-38(44(33)36)47-46(59)48-39(26-61-47)49(68-14-3-8-55(31-68)13-21-73-55)64-51(63-48)72-32-53(9-10-53)29-65-15-11-52(12-16-65)27-54(60,28-52)30-66-17-19-67(20-18-66)34-23-41(57)45(42(58)24-34)37-5-7-43(70)62-50(37)71/h4,6,22-26,37,69H,2-3,5,7-21,27-32H2,1H3,(H,62,70,71)/t37?,55-/m0/s1. The van der Waals surface area contributed by atoms with Crippen LogP contribution in [0.25, 0.3) is 32.9 Å². The van der Waals surface area contributed by atoms with Gasteiger partial charge in [0.15, 0.2) is 5.82 Å². The van der Waals surface area contributed by atoms with E-state index in [0.717, 1.165) is 64.6 Å². The van der Waals surface area contributed by atoms with Crippen LogP contribution in [0.5, 0.6) is 11.8 Å². The zero-order valence-corrected chi connectivity index (χ0v) is 41.2. The van der Waals surface area contributed by atoms with Crippen LogP contribution in [0.3, 0.4) is 0 Å². The minimum Gasteiger partial charge on any atom is -0.508 e. The smallest absolute Gasteiger partial charge is 0.319 e. The summed E-state index contributed by atoms with van der Waals surface area (Å²) in [5.74, 6) is -4.51. The highest BCUT2D eigenvalue weighted by Gasteiger charge is 2.57. The van der Waals surface area contributed by atoms with E-state index in [-0.39, 0.29) is 63.4 Å². The monoisotopic (exact) mass is 1010 g/mol. The molecule has 7 heterocycles. The summed E-state index contributed by atoms with van der Waals surface area (Å²) < 4.78 is 92.0. The lowest BCUT2D eigenvalue weighted by molar-refractivity contribution is -0.151. The number of amides is 2. The highest BCUT2D eigenvalue weighted by molar-refractivity contribution is 6.02. The second-order valence-electron chi connectivity index (χ2n) is 22.4. The topological polar surface area (TPSA) is 136 Å². The molecule has 386 valence electrons. The third kappa shape index (κ3) is 9.02. The number of fused-ring (bicyclic) bond motifs is 2. The number of phenols is 1. The van der Waals surface area contributed by atoms with Gasteiger partial charge in [0.25, 0.3) is 0 Å². The number of carbonyl (C=O) groups is 2. The Bertz CT molecular complexity index is 3000. The van der Waals surface area contributed by atoms with E-state index >= 15 is 22.0 Å². The number of piperazine rings is 1. The Morgan fingerprint density at radius 1 is 0.849 bits per heavy atom. The Balaban J connectivity index is 0.685. The molecule has 2 amide bonds. The van der Waals surface area contributed by atoms with E-state index in [2.05, 4.69) is 25.0 Å². The van der Waals surface area contributed by atoms with Gasteiger partial charge in [0.2, 0.25) is 11.8 Å². The van der Waals surface area contributed by atoms with Gasteiger partial charge in [-0.15, -0.1) is 0 Å². The van der Waals surface area contributed by atoms with Gasteiger partial charge in [-0.3, -0.25) is 24.8 Å². The molecule has 2 atom stereocenters. The molecule has 12 rings (SSSR count). The molecule has 7 fully saturated rings. The number of rotatable bonds is 12. The van der Waals surface area contributed by atoms with Gasteiger partial charge in [-0.05, 0) is 129 Å². The maximum absolute atomic E-state index is 17.2. The van der Waals surface area contributed by atoms with Crippen LogP contribution in [-0.4, -0.2) is 132 Å². The molecule has 3 aromatic carbocycles. The predicted molar refractivity (Wildman–Crippen MR) is 264 cm³/mol. The van der Waals surface area contributed by atoms with Crippen molar-refractivity contribution in [1.29, 1.82) is 0 Å². The number of halogens is 5. The summed E-state index contributed by atoms with van der Waals surface area (Å²) in [6.45, 7) is 9.10. The van der Waals surface area contributed by atoms with Crippen LogP contribution in [0.2, 0.25) is 0 Å². The SMILES string of the molecule is CCc1c(F)ccc2cc(O)cc(-c3ncc4c(N5CCC[C@]6(CCO6)C5)nc(OCC5(CN6CCC7(CC6)CC(F)(CN6CCN(c8cc(F)c(C9CCC(=O)NC9=O)c(F)c8)CC6)C7)CC5)nc4c3F)c12. The summed E-state index contributed by atoms with van der Waals surface area (Å²) in [6, 6.07) is 8.48. The van der Waals surface area contributed by atoms with E-state index in [9.17, 15) is 14.7 Å². The molecule has 0 radical (unpaired) electrons. The van der Waals surface area contributed by atoms with Gasteiger partial charge in [-0.1, -0.05) is 13.0 Å². The predicted octanol–water partition coefficient (Wildman–Crippen LogP) is 8.51. The number of phenolic OH excluding ortho intramolecular Hbond substituents is 1. The van der Waals surface area contributed by atoms with Crippen LogP contribution in [-0.2, 0) is 20.7 Å². The zero-order valence-electron chi connectivity index (χ0n) is 41.2. The first-order valence-electron chi connectivity index (χ1n) is 26.2. The molecule has 5 aromatic rings. The van der Waals surface area contributed by atoms with Crippen LogP contribution in [0.15, 0.2) is 42.6 Å². The molecule has 13 nitrogen and oxygen atoms in total. The fourth-order valence-electron chi connectivity index (χ4n) is 13.3. The van der Waals surface area contributed by atoms with E-state index in [4.69, 9.17) is 19.4 Å². The van der Waals surface area contributed by atoms with Crippen LogP contribution in [0.4, 0.5) is 33.5 Å². The average molecular weight is 1010 g/mol. The molecule has 18 heteroatoms. The van der Waals surface area contributed by atoms with Crippen molar-refractivity contribution in [3.05, 3.63) is 77.0 Å². The number of nitrogens with one attached hydrogen (secondary N) is 1. The van der Waals surface area contributed by atoms with Crippen molar-refractivity contribution >= 4 is 45.0 Å². The van der Waals surface area contributed by atoms with E-state index in [1.165, 1.54) is 30.3 Å². The number of piperidine rings is 3. The Morgan fingerprint density at radius 3 is 2.27 bits per heavy atom. The Labute approximate surface area is 420 Å². The highest BCUT2D eigenvalue weighted by Crippen LogP contribution is 2.58. The lowest BCUT2D eigenvalue weighted by atomic mass is 9.55. The van der Waals surface area contributed by atoms with Crippen LogP contribution in [0, 0.1) is 34.1 Å². The highest BCUT2D eigenvalue weighted by atomic mass is 19.2. The summed E-state index contributed by atoms with van der Waals surface area (Å²) in [7, 11) is 0. The first kappa shape index (κ1) is 48.2. The number of nitrogens with zero attached hydrogens (tertiary/aromatic N) is 7. The minimum absolute atomic E-state index is 0.0247. The molecule has 73 heavy (non-hydrogen) atoms. The molecule has 2 aromatic heterocycles. The molecular weight excluding hydrogens is 948 g/mol. The number of alkyl halides is 1. The van der Waals surface area contributed by atoms with Crippen molar-refractivity contribution in [2.75, 3.05) is 88.5 Å². The third-order valence-corrected chi connectivity index (χ3v) is 17.4. The maximum atomic E-state index is 17.2. The fraction of sp³-hybridized carbons (Fsp3) is 0.545. The number of anilines is 2. The summed E-state index contributed by atoms with van der Waals surface area (Å²) >= 11 is 0. The van der Waals surface area contributed by atoms with Gasteiger partial charge in [0.1, 0.15) is 45.9 Å². The number of carbonyl (C=O) groups excluding carboxylic acids is 2. The number of aromatic nitrogens is 3. The largest absolute Gasteiger partial charge is 0.508 e. The maximum Gasteiger partial charge on any atom is 0.319 e. The summed E-state index contributed by atoms with van der Waals surface area (Å²) in [4.78, 5) is 46.8. The zero-order chi connectivity index (χ0) is 50.4. The first-order valence-corrected chi connectivity index (χ1v) is 26.2. The van der Waals surface area contributed by atoms with Gasteiger partial charge >= 0.3 is 6.01 Å². The number of hydrogen-bond acceptors (Lipinski definition) is 12. The van der Waals surface area contributed by atoms with Gasteiger partial charge in [0.05, 0.1) is 30.1 Å². The van der Waals surface area contributed by atoms with Crippen molar-refractivity contribution in [3.63, 3.8) is 0 Å². The van der Waals surface area contributed by atoms with Crippen LogP contribution < -0.4 is 19.9 Å². The fourth-order valence-corrected chi connectivity index (χ4v) is 13.3. The molecule has 2 aliphatic carbocycles. The number of pyridine rings is 1. The molecule has 2 saturated carbocycles. The van der Waals surface area contributed by atoms with Crippen molar-refractivity contribution in [2.24, 2.45) is 10.8 Å². The van der Waals surface area contributed by atoms with Crippen LogP contribution >= 0.6 is 0 Å². The molecule has 1 unspecified atom stereocenters. The second-order valence-corrected chi connectivity index (χ2v) is 22.4. The molecule has 5 aliphatic heterocycles. The van der Waals surface area contributed by atoms with Gasteiger partial charge in [0, 0.05) is 93.6 Å². The van der Waals surface area contributed by atoms with E-state index in [1.54, 1.807) is 12.3 Å². The number of aryl methyl sites for hydroxylation is 1. The molecule has 7 aliphatic rings. The Kier molecular flexibility index (Phi) is 12.1.